The smallest absolute Gasteiger partial charge is 0.213 e. The predicted octanol–water partition coefficient (Wildman–Crippen LogP) is -0.143. The van der Waals surface area contributed by atoms with Gasteiger partial charge in [0.1, 0.15) is 0 Å². The number of rotatable bonds is 8. The molecule has 0 aromatic rings. The molecule has 0 aliphatic carbocycles. The average Bonchev–Trinajstić information content (AvgIpc) is 2.17. The fourth-order valence-corrected chi connectivity index (χ4v) is 2.38. The lowest BCUT2D eigenvalue weighted by atomic mass is 10.2. The Bertz CT molecular complexity index is 316. The number of nitrogens with zero attached hydrogens (tertiary/aromatic N) is 1. The summed E-state index contributed by atoms with van der Waals surface area (Å²) in [6.07, 6.45) is 0.470. The van der Waals surface area contributed by atoms with Gasteiger partial charge in [-0.1, -0.05) is 6.92 Å². The van der Waals surface area contributed by atoms with E-state index in [2.05, 4.69) is 0 Å². The van der Waals surface area contributed by atoms with E-state index < -0.39 is 10.0 Å². The summed E-state index contributed by atoms with van der Waals surface area (Å²) >= 11 is 0. The van der Waals surface area contributed by atoms with E-state index in [4.69, 9.17) is 15.9 Å². The first-order chi connectivity index (χ1) is 7.31. The summed E-state index contributed by atoms with van der Waals surface area (Å²) in [6.45, 7) is 2.39. The molecule has 0 heterocycles. The molecule has 0 aliphatic rings. The SMILES string of the molecule is COCCCS(=O)(=O)N(C)CC(C)C(=N)N. The quantitative estimate of drug-likeness (QED) is 0.356. The van der Waals surface area contributed by atoms with Gasteiger partial charge in [-0.25, -0.2) is 12.7 Å². The average molecular weight is 251 g/mol. The monoisotopic (exact) mass is 251 g/mol. The largest absolute Gasteiger partial charge is 0.387 e. The van der Waals surface area contributed by atoms with Crippen LogP contribution in [0, 0.1) is 11.3 Å². The van der Waals surface area contributed by atoms with Crippen LogP contribution in [0.5, 0.6) is 0 Å². The third-order valence-electron chi connectivity index (χ3n) is 2.29. The van der Waals surface area contributed by atoms with Gasteiger partial charge in [0.2, 0.25) is 10.0 Å². The second-order valence-electron chi connectivity index (χ2n) is 3.80. The van der Waals surface area contributed by atoms with Gasteiger partial charge >= 0.3 is 0 Å². The molecule has 0 rings (SSSR count). The molecule has 0 aromatic heterocycles. The third-order valence-corrected chi connectivity index (χ3v) is 4.19. The van der Waals surface area contributed by atoms with Gasteiger partial charge < -0.3 is 10.5 Å². The highest BCUT2D eigenvalue weighted by molar-refractivity contribution is 7.89. The molecule has 16 heavy (non-hydrogen) atoms. The molecule has 0 aromatic carbocycles. The first-order valence-corrected chi connectivity index (χ1v) is 6.69. The molecule has 0 fully saturated rings. The number of amidine groups is 1. The summed E-state index contributed by atoms with van der Waals surface area (Å²) in [6, 6.07) is 0. The Kier molecular flexibility index (Phi) is 6.54. The molecular formula is C9H21N3O3S. The van der Waals surface area contributed by atoms with Crippen LogP contribution in [0.15, 0.2) is 0 Å². The number of nitrogens with one attached hydrogen (secondary N) is 1. The minimum atomic E-state index is -3.26. The van der Waals surface area contributed by atoms with Gasteiger partial charge in [-0.05, 0) is 6.42 Å². The maximum atomic E-state index is 11.7. The van der Waals surface area contributed by atoms with E-state index in [9.17, 15) is 8.42 Å². The lowest BCUT2D eigenvalue weighted by Crippen LogP contribution is -2.37. The predicted molar refractivity (Wildman–Crippen MR) is 64.0 cm³/mol. The molecule has 7 heteroatoms. The van der Waals surface area contributed by atoms with Crippen molar-refractivity contribution in [2.24, 2.45) is 11.7 Å². The van der Waals surface area contributed by atoms with Gasteiger partial charge in [-0.2, -0.15) is 0 Å². The lowest BCUT2D eigenvalue weighted by molar-refractivity contribution is 0.199. The molecule has 1 atom stereocenters. The van der Waals surface area contributed by atoms with E-state index >= 15 is 0 Å². The second-order valence-corrected chi connectivity index (χ2v) is 5.99. The van der Waals surface area contributed by atoms with Gasteiger partial charge in [0.05, 0.1) is 11.6 Å². The van der Waals surface area contributed by atoms with Gasteiger partial charge in [0.15, 0.2) is 0 Å². The second kappa shape index (κ2) is 6.82. The highest BCUT2D eigenvalue weighted by Crippen LogP contribution is 2.05. The van der Waals surface area contributed by atoms with Crippen molar-refractivity contribution >= 4 is 15.9 Å². The van der Waals surface area contributed by atoms with Crippen molar-refractivity contribution in [1.82, 2.24) is 4.31 Å². The molecule has 0 spiro atoms. The topological polar surface area (TPSA) is 96.5 Å². The van der Waals surface area contributed by atoms with Crippen LogP contribution in [-0.2, 0) is 14.8 Å². The number of hydrogen-bond acceptors (Lipinski definition) is 4. The molecule has 3 N–H and O–H groups in total. The van der Waals surface area contributed by atoms with Crippen molar-refractivity contribution in [2.75, 3.05) is 33.1 Å². The molecule has 1 unspecified atom stereocenters. The molecular weight excluding hydrogens is 230 g/mol. The van der Waals surface area contributed by atoms with Gasteiger partial charge in [-0.15, -0.1) is 0 Å². The van der Waals surface area contributed by atoms with Crippen LogP contribution in [-0.4, -0.2) is 51.6 Å². The molecule has 0 bridgehead atoms. The molecule has 0 radical (unpaired) electrons. The molecule has 0 saturated carbocycles. The van der Waals surface area contributed by atoms with Gasteiger partial charge in [-0.3, -0.25) is 5.41 Å². The van der Waals surface area contributed by atoms with E-state index in [-0.39, 0.29) is 24.1 Å². The normalized spacial score (nSPS) is 14.0. The summed E-state index contributed by atoms with van der Waals surface area (Å²) in [5, 5.41) is 7.20. The van der Waals surface area contributed by atoms with Crippen molar-refractivity contribution in [3.05, 3.63) is 0 Å². The molecule has 0 saturated heterocycles. The number of nitrogens with two attached hydrogens (primary N) is 1. The van der Waals surface area contributed by atoms with Crippen LogP contribution in [0.1, 0.15) is 13.3 Å². The Hall–Kier alpha value is -0.660. The van der Waals surface area contributed by atoms with Crippen molar-refractivity contribution in [1.29, 1.82) is 5.41 Å². The van der Waals surface area contributed by atoms with E-state index in [0.717, 1.165) is 0 Å². The summed E-state index contributed by atoms with van der Waals surface area (Å²) in [5.74, 6) is -0.205. The van der Waals surface area contributed by atoms with Crippen LogP contribution in [0.2, 0.25) is 0 Å². The van der Waals surface area contributed by atoms with E-state index in [1.165, 1.54) is 18.5 Å². The highest BCUT2D eigenvalue weighted by atomic mass is 32.2. The van der Waals surface area contributed by atoms with Crippen molar-refractivity contribution in [2.45, 2.75) is 13.3 Å². The maximum absolute atomic E-state index is 11.7. The summed E-state index contributed by atoms with van der Waals surface area (Å²) in [4.78, 5) is 0. The minimum absolute atomic E-state index is 0.000980. The van der Waals surface area contributed by atoms with Crippen molar-refractivity contribution in [3.63, 3.8) is 0 Å². The van der Waals surface area contributed by atoms with Crippen LogP contribution in [0.25, 0.3) is 0 Å². The molecule has 6 nitrogen and oxygen atoms in total. The molecule has 96 valence electrons. The van der Waals surface area contributed by atoms with Gasteiger partial charge in [0, 0.05) is 33.2 Å². The zero-order valence-electron chi connectivity index (χ0n) is 10.1. The van der Waals surface area contributed by atoms with Crippen molar-refractivity contribution < 1.29 is 13.2 Å². The number of ether oxygens (including phenoxy) is 1. The van der Waals surface area contributed by atoms with Crippen LogP contribution in [0.3, 0.4) is 0 Å². The summed E-state index contributed by atoms with van der Waals surface area (Å²) < 4.78 is 29.5. The summed E-state index contributed by atoms with van der Waals surface area (Å²) in [7, 11) is -0.223. The Labute approximate surface area is 97.3 Å². The molecule has 0 aliphatic heterocycles. The Morgan fingerprint density at radius 2 is 2.12 bits per heavy atom. The Balaban J connectivity index is 4.24. The Morgan fingerprint density at radius 3 is 2.56 bits per heavy atom. The van der Waals surface area contributed by atoms with E-state index in [0.29, 0.717) is 13.0 Å². The summed E-state index contributed by atoms with van der Waals surface area (Å²) in [5.41, 5.74) is 5.29. The number of sulfonamides is 1. The number of hydrogen-bond donors (Lipinski definition) is 2. The maximum Gasteiger partial charge on any atom is 0.213 e. The first-order valence-electron chi connectivity index (χ1n) is 5.08. The Morgan fingerprint density at radius 1 is 1.56 bits per heavy atom. The zero-order valence-corrected chi connectivity index (χ0v) is 10.9. The van der Waals surface area contributed by atoms with Crippen LogP contribution >= 0.6 is 0 Å². The fraction of sp³-hybridized carbons (Fsp3) is 0.889. The van der Waals surface area contributed by atoms with Crippen molar-refractivity contribution in [3.8, 4) is 0 Å². The van der Waals surface area contributed by atoms with E-state index in [1.807, 2.05) is 0 Å². The first kappa shape index (κ1) is 15.3. The van der Waals surface area contributed by atoms with Crippen LogP contribution in [0.4, 0.5) is 0 Å². The van der Waals surface area contributed by atoms with Gasteiger partial charge in [0.25, 0.3) is 0 Å². The number of methoxy groups -OCH3 is 1. The zero-order chi connectivity index (χ0) is 12.8. The fourth-order valence-electron chi connectivity index (χ4n) is 1.14. The standard InChI is InChI=1S/C9H21N3O3S/c1-8(9(10)11)7-12(2)16(13,14)6-4-5-15-3/h8H,4-7H2,1-3H3,(H3,10,11). The lowest BCUT2D eigenvalue weighted by Gasteiger charge is -2.20. The highest BCUT2D eigenvalue weighted by Gasteiger charge is 2.20. The van der Waals surface area contributed by atoms with E-state index in [1.54, 1.807) is 6.92 Å². The van der Waals surface area contributed by atoms with Crippen LogP contribution < -0.4 is 5.73 Å². The minimum Gasteiger partial charge on any atom is -0.387 e. The molecule has 0 amide bonds. The third kappa shape index (κ3) is 5.43.